The lowest BCUT2D eigenvalue weighted by atomic mass is 10.2. The van der Waals surface area contributed by atoms with Crippen molar-refractivity contribution in [2.45, 2.75) is 4.90 Å². The SMILES string of the molecule is CSc1cc(N)c2sc(I)cc2c1. The number of fused-ring (bicyclic) bond motifs is 1. The Morgan fingerprint density at radius 3 is 2.85 bits per heavy atom. The van der Waals surface area contributed by atoms with E-state index in [1.807, 2.05) is 6.07 Å². The molecule has 0 aliphatic rings. The lowest BCUT2D eigenvalue weighted by molar-refractivity contribution is 1.52. The van der Waals surface area contributed by atoms with Crippen LogP contribution in [0.5, 0.6) is 0 Å². The minimum atomic E-state index is 0.898. The highest BCUT2D eigenvalue weighted by Crippen LogP contribution is 2.34. The van der Waals surface area contributed by atoms with Gasteiger partial charge in [0.15, 0.2) is 0 Å². The molecule has 68 valence electrons. The van der Waals surface area contributed by atoms with Crippen molar-refractivity contribution in [3.05, 3.63) is 21.1 Å². The number of hydrogen-bond donors (Lipinski definition) is 1. The van der Waals surface area contributed by atoms with Gasteiger partial charge in [-0.3, -0.25) is 0 Å². The summed E-state index contributed by atoms with van der Waals surface area (Å²) >= 11 is 5.81. The molecule has 0 fully saturated rings. The second-order valence-corrected chi connectivity index (χ2v) is 6.51. The van der Waals surface area contributed by atoms with Gasteiger partial charge in [0.25, 0.3) is 0 Å². The van der Waals surface area contributed by atoms with Gasteiger partial charge in [0, 0.05) is 4.90 Å². The number of thioether (sulfide) groups is 1. The van der Waals surface area contributed by atoms with Crippen LogP contribution in [-0.2, 0) is 0 Å². The fourth-order valence-corrected chi connectivity index (χ4v) is 3.52. The van der Waals surface area contributed by atoms with E-state index in [2.05, 4.69) is 41.0 Å². The van der Waals surface area contributed by atoms with E-state index in [1.54, 1.807) is 23.1 Å². The Morgan fingerprint density at radius 2 is 2.15 bits per heavy atom. The zero-order valence-corrected chi connectivity index (χ0v) is 10.8. The average molecular weight is 321 g/mol. The quantitative estimate of drug-likeness (QED) is 0.491. The van der Waals surface area contributed by atoms with Gasteiger partial charge in [-0.1, -0.05) is 0 Å². The van der Waals surface area contributed by atoms with Crippen LogP contribution in [-0.4, -0.2) is 6.26 Å². The normalized spacial score (nSPS) is 10.9. The van der Waals surface area contributed by atoms with E-state index in [1.165, 1.54) is 17.9 Å². The molecule has 1 nitrogen and oxygen atoms in total. The van der Waals surface area contributed by atoms with E-state index in [4.69, 9.17) is 5.73 Å². The lowest BCUT2D eigenvalue weighted by Crippen LogP contribution is -1.84. The van der Waals surface area contributed by atoms with Gasteiger partial charge in [0.2, 0.25) is 0 Å². The Bertz CT molecular complexity index is 450. The molecule has 0 radical (unpaired) electrons. The van der Waals surface area contributed by atoms with Crippen LogP contribution < -0.4 is 5.73 Å². The second kappa shape index (κ2) is 3.67. The molecule has 0 aliphatic carbocycles. The lowest BCUT2D eigenvalue weighted by Gasteiger charge is -1.99. The molecule has 2 aromatic rings. The zero-order chi connectivity index (χ0) is 9.42. The van der Waals surface area contributed by atoms with Crippen LogP contribution in [0.15, 0.2) is 23.1 Å². The maximum Gasteiger partial charge on any atom is 0.0666 e. The molecule has 2 rings (SSSR count). The van der Waals surface area contributed by atoms with Crippen LogP contribution in [0.1, 0.15) is 0 Å². The Labute approximate surface area is 98.8 Å². The predicted octanol–water partition coefficient (Wildman–Crippen LogP) is 3.81. The predicted molar refractivity (Wildman–Crippen MR) is 70.7 cm³/mol. The first-order valence-electron chi connectivity index (χ1n) is 3.73. The van der Waals surface area contributed by atoms with Crippen molar-refractivity contribution in [2.75, 3.05) is 12.0 Å². The largest absolute Gasteiger partial charge is 0.398 e. The van der Waals surface area contributed by atoms with Gasteiger partial charge in [0.05, 0.1) is 13.3 Å². The topological polar surface area (TPSA) is 26.0 Å². The van der Waals surface area contributed by atoms with Crippen LogP contribution in [0.3, 0.4) is 0 Å². The van der Waals surface area contributed by atoms with E-state index in [0.29, 0.717) is 0 Å². The summed E-state index contributed by atoms with van der Waals surface area (Å²) in [5, 5.41) is 1.26. The smallest absolute Gasteiger partial charge is 0.0666 e. The molecule has 0 saturated carbocycles. The summed E-state index contributed by atoms with van der Waals surface area (Å²) in [4.78, 5) is 1.24. The van der Waals surface area contributed by atoms with Gasteiger partial charge >= 0.3 is 0 Å². The van der Waals surface area contributed by atoms with E-state index in [-0.39, 0.29) is 0 Å². The van der Waals surface area contributed by atoms with E-state index >= 15 is 0 Å². The summed E-state index contributed by atoms with van der Waals surface area (Å²) in [5.74, 6) is 0. The first-order chi connectivity index (χ1) is 6.20. The fraction of sp³-hybridized carbons (Fsp3) is 0.111. The van der Waals surface area contributed by atoms with Crippen LogP contribution in [0, 0.1) is 2.88 Å². The number of hydrogen-bond acceptors (Lipinski definition) is 3. The number of halogens is 1. The average Bonchev–Trinajstić information content (AvgIpc) is 2.46. The number of rotatable bonds is 1. The van der Waals surface area contributed by atoms with Crippen LogP contribution in [0.2, 0.25) is 0 Å². The molecular formula is C9H8INS2. The highest BCUT2D eigenvalue weighted by molar-refractivity contribution is 14.1. The molecular weight excluding hydrogens is 313 g/mol. The second-order valence-electron chi connectivity index (χ2n) is 2.69. The minimum Gasteiger partial charge on any atom is -0.398 e. The van der Waals surface area contributed by atoms with E-state index in [9.17, 15) is 0 Å². The minimum absolute atomic E-state index is 0.898. The third kappa shape index (κ3) is 1.80. The molecule has 1 aromatic heterocycles. The van der Waals surface area contributed by atoms with Crippen LogP contribution >= 0.6 is 45.7 Å². The highest BCUT2D eigenvalue weighted by Gasteiger charge is 2.04. The Morgan fingerprint density at radius 1 is 1.38 bits per heavy atom. The molecule has 0 amide bonds. The fourth-order valence-electron chi connectivity index (χ4n) is 1.24. The van der Waals surface area contributed by atoms with Crippen molar-refractivity contribution in [1.82, 2.24) is 0 Å². The number of anilines is 1. The molecule has 0 spiro atoms. The molecule has 0 unspecified atom stereocenters. The van der Waals surface area contributed by atoms with Crippen molar-refractivity contribution < 1.29 is 0 Å². The standard InChI is InChI=1S/C9H8INS2/c1-12-6-2-5-3-8(10)13-9(5)7(11)4-6/h2-4H,11H2,1H3. The van der Waals surface area contributed by atoms with Crippen molar-refractivity contribution in [3.8, 4) is 0 Å². The summed E-state index contributed by atoms with van der Waals surface area (Å²) in [6, 6.07) is 6.41. The Hall–Kier alpha value is 0.0600. The molecule has 0 atom stereocenters. The molecule has 0 bridgehead atoms. The summed E-state index contributed by atoms with van der Waals surface area (Å²) in [5.41, 5.74) is 6.84. The monoisotopic (exact) mass is 321 g/mol. The van der Waals surface area contributed by atoms with Gasteiger partial charge in [-0.15, -0.1) is 23.1 Å². The van der Waals surface area contributed by atoms with Gasteiger partial charge in [-0.2, -0.15) is 0 Å². The molecule has 1 heterocycles. The first kappa shape index (κ1) is 9.61. The van der Waals surface area contributed by atoms with E-state index < -0.39 is 0 Å². The van der Waals surface area contributed by atoms with Crippen molar-refractivity contribution >= 4 is 61.5 Å². The van der Waals surface area contributed by atoms with Gasteiger partial charge in [0.1, 0.15) is 0 Å². The highest BCUT2D eigenvalue weighted by atomic mass is 127. The summed E-state index contributed by atoms with van der Waals surface area (Å²) in [7, 11) is 0. The number of benzene rings is 1. The summed E-state index contributed by atoms with van der Waals surface area (Å²) < 4.78 is 2.50. The molecule has 4 heteroatoms. The maximum absolute atomic E-state index is 5.94. The molecule has 0 aliphatic heterocycles. The molecule has 2 N–H and O–H groups in total. The van der Waals surface area contributed by atoms with Crippen LogP contribution in [0.4, 0.5) is 5.69 Å². The van der Waals surface area contributed by atoms with Gasteiger partial charge < -0.3 is 5.73 Å². The molecule has 0 saturated heterocycles. The van der Waals surface area contributed by atoms with E-state index in [0.717, 1.165) is 5.69 Å². The maximum atomic E-state index is 5.94. The Balaban J connectivity index is 2.75. The number of thiophene rings is 1. The Kier molecular flexibility index (Phi) is 2.71. The van der Waals surface area contributed by atoms with Gasteiger partial charge in [-0.25, -0.2) is 0 Å². The molecule has 13 heavy (non-hydrogen) atoms. The molecule has 1 aromatic carbocycles. The van der Waals surface area contributed by atoms with Crippen molar-refractivity contribution in [3.63, 3.8) is 0 Å². The third-order valence-electron chi connectivity index (χ3n) is 1.82. The number of nitrogen functional groups attached to an aromatic ring is 1. The first-order valence-corrected chi connectivity index (χ1v) is 6.85. The third-order valence-corrected chi connectivity index (χ3v) is 4.49. The number of nitrogens with two attached hydrogens (primary N) is 1. The zero-order valence-electron chi connectivity index (χ0n) is 7.00. The summed E-state index contributed by atoms with van der Waals surface area (Å²) in [6.07, 6.45) is 2.07. The van der Waals surface area contributed by atoms with Crippen LogP contribution in [0.25, 0.3) is 10.1 Å². The van der Waals surface area contributed by atoms with Gasteiger partial charge in [-0.05, 0) is 52.4 Å². The van der Waals surface area contributed by atoms with Crippen molar-refractivity contribution in [1.29, 1.82) is 0 Å². The van der Waals surface area contributed by atoms with Crippen molar-refractivity contribution in [2.24, 2.45) is 0 Å². The summed E-state index contributed by atoms with van der Waals surface area (Å²) in [6.45, 7) is 0.